The van der Waals surface area contributed by atoms with Gasteiger partial charge in [0.05, 0.1) is 29.1 Å². The molecule has 1 atom stereocenters. The lowest BCUT2D eigenvalue weighted by atomic mass is 10.1. The zero-order valence-corrected chi connectivity index (χ0v) is 15.0. The number of aromatic nitrogens is 3. The summed E-state index contributed by atoms with van der Waals surface area (Å²) in [5.41, 5.74) is 2.38. The molecule has 128 valence electrons. The number of rotatable bonds is 5. The van der Waals surface area contributed by atoms with Gasteiger partial charge in [-0.1, -0.05) is 18.7 Å². The first-order valence-electron chi connectivity index (χ1n) is 7.39. The lowest BCUT2D eigenvalue weighted by Gasteiger charge is -2.06. The highest BCUT2D eigenvalue weighted by atomic mass is 32.2. The Morgan fingerprint density at radius 3 is 2.68 bits per heavy atom. The first-order chi connectivity index (χ1) is 11.9. The molecule has 2 aromatic heterocycles. The van der Waals surface area contributed by atoms with Crippen molar-refractivity contribution in [1.29, 1.82) is 5.26 Å². The van der Waals surface area contributed by atoms with Crippen molar-refractivity contribution in [3.05, 3.63) is 60.0 Å². The zero-order chi connectivity index (χ0) is 18.6. The first kappa shape index (κ1) is 18.5. The number of hydrogen-bond acceptors (Lipinski definition) is 5. The minimum atomic E-state index is -1.12. The van der Waals surface area contributed by atoms with Crippen LogP contribution in [0, 0.1) is 18.3 Å². The highest BCUT2D eigenvalue weighted by molar-refractivity contribution is 7.90. The summed E-state index contributed by atoms with van der Waals surface area (Å²) >= 11 is -1.12. The second-order valence-corrected chi connectivity index (χ2v) is 6.67. The SMILES string of the molecule is C=C/C(C#N)=C\C=C(/C)c1c(C)nn(-c2ccc([S+](C)[O-])cn2)c1O. The number of pyridine rings is 1. The topological polar surface area (TPSA) is 97.8 Å². The smallest absolute Gasteiger partial charge is 0.223 e. The number of allylic oxidation sites excluding steroid dienone is 5. The fourth-order valence-corrected chi connectivity index (χ4v) is 2.71. The van der Waals surface area contributed by atoms with Crippen LogP contribution >= 0.6 is 0 Å². The van der Waals surface area contributed by atoms with E-state index in [1.165, 1.54) is 17.0 Å². The summed E-state index contributed by atoms with van der Waals surface area (Å²) < 4.78 is 12.8. The van der Waals surface area contributed by atoms with Gasteiger partial charge in [0, 0.05) is 0 Å². The molecule has 2 heterocycles. The van der Waals surface area contributed by atoms with Crippen LogP contribution in [0.3, 0.4) is 0 Å². The van der Waals surface area contributed by atoms with Gasteiger partial charge in [-0.2, -0.15) is 15.0 Å². The van der Waals surface area contributed by atoms with Gasteiger partial charge in [0.25, 0.3) is 0 Å². The molecular weight excluding hydrogens is 336 g/mol. The van der Waals surface area contributed by atoms with E-state index in [2.05, 4.69) is 16.7 Å². The minimum absolute atomic E-state index is 0.0466. The van der Waals surface area contributed by atoms with Crippen molar-refractivity contribution < 1.29 is 9.66 Å². The van der Waals surface area contributed by atoms with Crippen LogP contribution in [-0.2, 0) is 11.2 Å². The molecule has 0 aromatic carbocycles. The lowest BCUT2D eigenvalue weighted by Crippen LogP contribution is -2.02. The van der Waals surface area contributed by atoms with Crippen molar-refractivity contribution in [2.45, 2.75) is 18.7 Å². The molecule has 0 aliphatic carbocycles. The summed E-state index contributed by atoms with van der Waals surface area (Å²) in [6.45, 7) is 7.16. The van der Waals surface area contributed by atoms with Crippen LogP contribution in [0.1, 0.15) is 18.2 Å². The van der Waals surface area contributed by atoms with E-state index in [1.54, 1.807) is 37.5 Å². The van der Waals surface area contributed by atoms with Gasteiger partial charge < -0.3 is 9.66 Å². The molecule has 0 aliphatic rings. The highest BCUT2D eigenvalue weighted by Crippen LogP contribution is 2.30. The third kappa shape index (κ3) is 3.99. The average Bonchev–Trinajstić information content (AvgIpc) is 2.90. The predicted octanol–water partition coefficient (Wildman–Crippen LogP) is 3.06. The molecule has 0 saturated heterocycles. The second kappa shape index (κ2) is 7.83. The van der Waals surface area contributed by atoms with Crippen LogP contribution in [0.15, 0.2) is 53.6 Å². The van der Waals surface area contributed by atoms with E-state index in [9.17, 15) is 9.66 Å². The van der Waals surface area contributed by atoms with Crippen molar-refractivity contribution in [1.82, 2.24) is 14.8 Å². The number of nitrogens with zero attached hydrogens (tertiary/aromatic N) is 4. The molecule has 0 spiro atoms. The number of hydrogen-bond donors (Lipinski definition) is 1. The molecule has 1 N–H and O–H groups in total. The van der Waals surface area contributed by atoms with Gasteiger partial charge in [0.2, 0.25) is 5.88 Å². The normalized spacial score (nSPS) is 13.4. The van der Waals surface area contributed by atoms with Gasteiger partial charge in [0.15, 0.2) is 10.7 Å². The Morgan fingerprint density at radius 1 is 1.44 bits per heavy atom. The molecule has 2 rings (SSSR count). The third-order valence-corrected chi connectivity index (χ3v) is 4.47. The molecule has 0 amide bonds. The summed E-state index contributed by atoms with van der Waals surface area (Å²) in [5.74, 6) is 0.378. The van der Waals surface area contributed by atoms with E-state index in [0.717, 1.165) is 5.57 Å². The molecule has 1 unspecified atom stereocenters. The molecule has 6 nitrogen and oxygen atoms in total. The van der Waals surface area contributed by atoms with E-state index in [0.29, 0.717) is 27.5 Å². The quantitative estimate of drug-likeness (QED) is 0.505. The molecule has 0 aliphatic heterocycles. The molecule has 0 saturated carbocycles. The van der Waals surface area contributed by atoms with Crippen molar-refractivity contribution in [2.75, 3.05) is 6.26 Å². The molecule has 0 radical (unpaired) electrons. The maximum absolute atomic E-state index is 11.4. The fourth-order valence-electron chi connectivity index (χ4n) is 2.25. The Kier molecular flexibility index (Phi) is 5.80. The summed E-state index contributed by atoms with van der Waals surface area (Å²) in [5, 5.41) is 23.8. The second-order valence-electron chi connectivity index (χ2n) is 5.29. The summed E-state index contributed by atoms with van der Waals surface area (Å²) in [4.78, 5) is 4.80. The maximum atomic E-state index is 11.4. The van der Waals surface area contributed by atoms with Crippen LogP contribution in [-0.4, -0.2) is 30.7 Å². The Bertz CT molecular complexity index is 887. The van der Waals surface area contributed by atoms with Crippen LogP contribution in [0.5, 0.6) is 5.88 Å². The van der Waals surface area contributed by atoms with Crippen LogP contribution in [0.25, 0.3) is 11.4 Å². The van der Waals surface area contributed by atoms with Crippen LogP contribution in [0.2, 0.25) is 0 Å². The first-order valence-corrected chi connectivity index (χ1v) is 8.94. The summed E-state index contributed by atoms with van der Waals surface area (Å²) in [7, 11) is 0. The number of aromatic hydroxyl groups is 1. The van der Waals surface area contributed by atoms with Crippen LogP contribution in [0.4, 0.5) is 0 Å². The molecule has 2 aromatic rings. The zero-order valence-electron chi connectivity index (χ0n) is 14.2. The van der Waals surface area contributed by atoms with Crippen molar-refractivity contribution >= 4 is 16.7 Å². The van der Waals surface area contributed by atoms with Crippen LogP contribution < -0.4 is 0 Å². The third-order valence-electron chi connectivity index (χ3n) is 3.56. The number of nitriles is 1. The molecule has 0 fully saturated rings. The van der Waals surface area contributed by atoms with E-state index >= 15 is 0 Å². The highest BCUT2D eigenvalue weighted by Gasteiger charge is 2.18. The Balaban J connectivity index is 2.44. The van der Waals surface area contributed by atoms with E-state index in [4.69, 9.17) is 5.26 Å². The molecule has 0 bridgehead atoms. The van der Waals surface area contributed by atoms with Crippen molar-refractivity contribution in [2.24, 2.45) is 0 Å². The van der Waals surface area contributed by atoms with Gasteiger partial charge >= 0.3 is 0 Å². The summed E-state index contributed by atoms with van der Waals surface area (Å²) in [6, 6.07) is 5.35. The Morgan fingerprint density at radius 2 is 2.16 bits per heavy atom. The summed E-state index contributed by atoms with van der Waals surface area (Å²) in [6.07, 6.45) is 7.89. The minimum Gasteiger partial charge on any atom is -0.612 e. The predicted molar refractivity (Wildman–Crippen MR) is 97.6 cm³/mol. The van der Waals surface area contributed by atoms with E-state index in [-0.39, 0.29) is 5.88 Å². The van der Waals surface area contributed by atoms with E-state index in [1.807, 2.05) is 13.0 Å². The van der Waals surface area contributed by atoms with E-state index < -0.39 is 11.2 Å². The monoisotopic (exact) mass is 354 g/mol. The van der Waals surface area contributed by atoms with Gasteiger partial charge in [-0.3, -0.25) is 0 Å². The molecule has 7 heteroatoms. The fraction of sp³-hybridized carbons (Fsp3) is 0.167. The van der Waals surface area contributed by atoms with Gasteiger partial charge in [-0.05, 0) is 48.8 Å². The van der Waals surface area contributed by atoms with Gasteiger partial charge in [-0.25, -0.2) is 4.98 Å². The lowest BCUT2D eigenvalue weighted by molar-refractivity contribution is 0.430. The molecular formula is C18H18N4O2S. The average molecular weight is 354 g/mol. The number of aryl methyl sites for hydroxylation is 1. The Labute approximate surface area is 149 Å². The standard InChI is InChI=1S/C18H18N4O2S/c1-5-14(10-19)7-6-12(2)17-13(3)21-22(18(17)23)16-9-8-15(11-20-16)25(4)24/h5-9,11,23H,1H2,2-4H3/b12-6+,14-7+. The van der Waals surface area contributed by atoms with Crippen molar-refractivity contribution in [3.63, 3.8) is 0 Å². The van der Waals surface area contributed by atoms with Gasteiger partial charge in [0.1, 0.15) is 6.26 Å². The van der Waals surface area contributed by atoms with Crippen molar-refractivity contribution in [3.8, 4) is 17.8 Å². The largest absolute Gasteiger partial charge is 0.612 e. The maximum Gasteiger partial charge on any atom is 0.223 e. The molecule has 25 heavy (non-hydrogen) atoms. The van der Waals surface area contributed by atoms with Gasteiger partial charge in [-0.15, -0.1) is 0 Å². The Hall–Kier alpha value is -2.82.